The van der Waals surface area contributed by atoms with Crippen LogP contribution in [0.15, 0.2) is 24.4 Å². The highest BCUT2D eigenvalue weighted by atomic mass is 16.6. The van der Waals surface area contributed by atoms with Crippen molar-refractivity contribution in [3.05, 3.63) is 35.5 Å². The molecule has 2 aromatic rings. The summed E-state index contributed by atoms with van der Waals surface area (Å²) in [5, 5.41) is 0.504. The summed E-state index contributed by atoms with van der Waals surface area (Å²) in [7, 11) is 0. The number of carbonyl (C=O) groups excluding carboxylic acids is 3. The molecule has 0 unspecified atom stereocenters. The van der Waals surface area contributed by atoms with E-state index in [9.17, 15) is 14.4 Å². The van der Waals surface area contributed by atoms with E-state index in [2.05, 4.69) is 0 Å². The van der Waals surface area contributed by atoms with E-state index in [1.165, 1.54) is 10.8 Å². The van der Waals surface area contributed by atoms with Crippen molar-refractivity contribution in [3.63, 3.8) is 0 Å². The molecule has 0 aliphatic heterocycles. The summed E-state index contributed by atoms with van der Waals surface area (Å²) < 4.78 is 11.4. The summed E-state index contributed by atoms with van der Waals surface area (Å²) in [5.41, 5.74) is 0.870. The van der Waals surface area contributed by atoms with Gasteiger partial charge in [0.15, 0.2) is 0 Å². The third-order valence-corrected chi connectivity index (χ3v) is 3.26. The Kier molecular flexibility index (Phi) is 4.78. The highest BCUT2D eigenvalue weighted by molar-refractivity contribution is 6.43. The zero-order valence-electron chi connectivity index (χ0n) is 14.5. The first-order valence-electron chi connectivity index (χ1n) is 7.70. The van der Waals surface area contributed by atoms with Gasteiger partial charge in [0.25, 0.3) is 5.78 Å². The molecule has 6 heteroatoms. The fourth-order valence-corrected chi connectivity index (χ4v) is 2.29. The molecule has 0 bridgehead atoms. The SMILES string of the molecule is CCOC(=O)C(=O)c1cn(C(=O)OC(C)(C)C)c2cc(C)ccc12. The number of ketones is 1. The Hall–Kier alpha value is -2.63. The maximum atomic E-state index is 12.4. The lowest BCUT2D eigenvalue weighted by Crippen LogP contribution is -2.26. The second kappa shape index (κ2) is 6.47. The molecule has 0 N–H and O–H groups in total. The Morgan fingerprint density at radius 2 is 1.83 bits per heavy atom. The summed E-state index contributed by atoms with van der Waals surface area (Å²) >= 11 is 0. The molecular weight excluding hydrogens is 310 g/mol. The number of hydrogen-bond donors (Lipinski definition) is 0. The van der Waals surface area contributed by atoms with Crippen LogP contribution in [0.2, 0.25) is 0 Å². The van der Waals surface area contributed by atoms with E-state index in [-0.39, 0.29) is 12.2 Å². The highest BCUT2D eigenvalue weighted by Crippen LogP contribution is 2.25. The number of nitrogens with zero attached hydrogens (tertiary/aromatic N) is 1. The third kappa shape index (κ3) is 3.64. The molecule has 24 heavy (non-hydrogen) atoms. The molecule has 0 spiro atoms. The summed E-state index contributed by atoms with van der Waals surface area (Å²) in [6.07, 6.45) is 0.721. The molecule has 2 rings (SSSR count). The molecule has 0 aliphatic carbocycles. The number of Topliss-reactive ketones (excluding diaryl/α,β-unsaturated/α-hetero) is 1. The quantitative estimate of drug-likeness (QED) is 0.489. The van der Waals surface area contributed by atoms with Crippen LogP contribution in [0, 0.1) is 6.92 Å². The second-order valence-electron chi connectivity index (χ2n) is 6.46. The molecule has 0 saturated heterocycles. The summed E-state index contributed by atoms with van der Waals surface area (Å²) in [4.78, 5) is 36.5. The average molecular weight is 331 g/mol. The van der Waals surface area contributed by atoms with Crippen molar-refractivity contribution in [2.24, 2.45) is 0 Å². The number of rotatable bonds is 3. The molecule has 0 aliphatic rings. The molecule has 0 fully saturated rings. The third-order valence-electron chi connectivity index (χ3n) is 3.26. The van der Waals surface area contributed by atoms with Crippen LogP contribution in [0.4, 0.5) is 4.79 Å². The Morgan fingerprint density at radius 3 is 2.42 bits per heavy atom. The average Bonchev–Trinajstić information content (AvgIpc) is 2.83. The lowest BCUT2D eigenvalue weighted by Gasteiger charge is -2.19. The maximum absolute atomic E-state index is 12.4. The van der Waals surface area contributed by atoms with Crippen molar-refractivity contribution in [1.82, 2.24) is 4.57 Å². The van der Waals surface area contributed by atoms with E-state index < -0.39 is 23.4 Å². The standard InChI is InChI=1S/C18H21NO5/c1-6-23-16(21)15(20)13-10-19(17(22)24-18(3,4)5)14-9-11(2)7-8-12(13)14/h7-10H,6H2,1-5H3. The predicted molar refractivity (Wildman–Crippen MR) is 89.3 cm³/mol. The number of carbonyl (C=O) groups is 3. The van der Waals surface area contributed by atoms with Crippen molar-refractivity contribution in [2.45, 2.75) is 40.2 Å². The van der Waals surface area contributed by atoms with Crippen molar-refractivity contribution < 1.29 is 23.9 Å². The van der Waals surface area contributed by atoms with Crippen LogP contribution in [0.25, 0.3) is 10.9 Å². The topological polar surface area (TPSA) is 74.6 Å². The van der Waals surface area contributed by atoms with Crippen LogP contribution in [-0.2, 0) is 14.3 Å². The number of aromatic nitrogens is 1. The number of hydrogen-bond acceptors (Lipinski definition) is 5. The van der Waals surface area contributed by atoms with Crippen LogP contribution in [0.3, 0.4) is 0 Å². The van der Waals surface area contributed by atoms with Gasteiger partial charge in [-0.15, -0.1) is 0 Å². The van der Waals surface area contributed by atoms with Gasteiger partial charge in [-0.25, -0.2) is 9.59 Å². The maximum Gasteiger partial charge on any atom is 0.419 e. The number of esters is 1. The Labute approximate surface area is 140 Å². The van der Waals surface area contributed by atoms with E-state index >= 15 is 0 Å². The first kappa shape index (κ1) is 17.7. The Morgan fingerprint density at radius 1 is 1.17 bits per heavy atom. The fourth-order valence-electron chi connectivity index (χ4n) is 2.29. The van der Waals surface area contributed by atoms with Gasteiger partial charge in [-0.2, -0.15) is 0 Å². The van der Waals surface area contributed by atoms with Gasteiger partial charge in [0, 0.05) is 11.6 Å². The predicted octanol–water partition coefficient (Wildman–Crippen LogP) is 3.48. The van der Waals surface area contributed by atoms with Crippen molar-refractivity contribution in [2.75, 3.05) is 6.61 Å². The lowest BCUT2D eigenvalue weighted by atomic mass is 10.1. The van der Waals surface area contributed by atoms with Gasteiger partial charge in [0.05, 0.1) is 17.7 Å². The van der Waals surface area contributed by atoms with Gasteiger partial charge >= 0.3 is 12.1 Å². The Bertz CT molecular complexity index is 811. The largest absolute Gasteiger partial charge is 0.460 e. The van der Waals surface area contributed by atoms with E-state index in [4.69, 9.17) is 9.47 Å². The minimum atomic E-state index is -0.943. The summed E-state index contributed by atoms with van der Waals surface area (Å²) in [6, 6.07) is 5.28. The Balaban J connectivity index is 2.57. The minimum absolute atomic E-state index is 0.106. The van der Waals surface area contributed by atoms with Gasteiger partial charge in [-0.1, -0.05) is 12.1 Å². The summed E-state index contributed by atoms with van der Waals surface area (Å²) in [5.74, 6) is -1.73. The number of ether oxygens (including phenoxy) is 2. The fraction of sp³-hybridized carbons (Fsp3) is 0.389. The number of fused-ring (bicyclic) bond motifs is 1. The van der Waals surface area contributed by atoms with E-state index in [0.717, 1.165) is 5.56 Å². The normalized spacial score (nSPS) is 11.4. The first-order valence-corrected chi connectivity index (χ1v) is 7.70. The van der Waals surface area contributed by atoms with Crippen LogP contribution in [-0.4, -0.2) is 34.6 Å². The van der Waals surface area contributed by atoms with Crippen molar-refractivity contribution >= 4 is 28.7 Å². The van der Waals surface area contributed by atoms with Crippen LogP contribution in [0.5, 0.6) is 0 Å². The molecule has 128 valence electrons. The molecule has 6 nitrogen and oxygen atoms in total. The van der Waals surface area contributed by atoms with Crippen molar-refractivity contribution in [1.29, 1.82) is 0 Å². The molecular formula is C18H21NO5. The monoisotopic (exact) mass is 331 g/mol. The molecule has 1 aromatic heterocycles. The van der Waals surface area contributed by atoms with Gasteiger partial charge in [0.2, 0.25) is 0 Å². The molecule has 1 aromatic carbocycles. The minimum Gasteiger partial charge on any atom is -0.460 e. The van der Waals surface area contributed by atoms with Crippen LogP contribution < -0.4 is 0 Å². The van der Waals surface area contributed by atoms with E-state index in [1.807, 2.05) is 13.0 Å². The van der Waals surface area contributed by atoms with Gasteiger partial charge in [-0.05, 0) is 46.2 Å². The second-order valence-corrected chi connectivity index (χ2v) is 6.46. The van der Waals surface area contributed by atoms with Gasteiger partial charge in [0.1, 0.15) is 5.60 Å². The van der Waals surface area contributed by atoms with Crippen LogP contribution in [0.1, 0.15) is 43.6 Å². The zero-order chi connectivity index (χ0) is 18.1. The molecule has 1 heterocycles. The van der Waals surface area contributed by atoms with E-state index in [1.54, 1.807) is 39.8 Å². The molecule has 0 amide bonds. The lowest BCUT2D eigenvalue weighted by molar-refractivity contribution is -0.137. The van der Waals surface area contributed by atoms with Gasteiger partial charge < -0.3 is 9.47 Å². The smallest absolute Gasteiger partial charge is 0.419 e. The zero-order valence-corrected chi connectivity index (χ0v) is 14.5. The van der Waals surface area contributed by atoms with Gasteiger partial charge in [-0.3, -0.25) is 9.36 Å². The molecule has 0 saturated carbocycles. The van der Waals surface area contributed by atoms with Crippen LogP contribution >= 0.6 is 0 Å². The number of aryl methyl sites for hydroxylation is 1. The van der Waals surface area contributed by atoms with E-state index in [0.29, 0.717) is 10.9 Å². The van der Waals surface area contributed by atoms with Crippen molar-refractivity contribution in [3.8, 4) is 0 Å². The molecule has 0 atom stereocenters. The molecule has 0 radical (unpaired) electrons. The summed E-state index contributed by atoms with van der Waals surface area (Å²) in [6.45, 7) is 8.87. The first-order chi connectivity index (χ1) is 11.1. The highest BCUT2D eigenvalue weighted by Gasteiger charge is 2.26. The number of benzene rings is 1.